The zero-order valence-electron chi connectivity index (χ0n) is 10.3. The first-order valence-corrected chi connectivity index (χ1v) is 5.91. The van der Waals surface area contributed by atoms with E-state index in [9.17, 15) is 0 Å². The molecule has 2 rings (SSSR count). The molecule has 2 aromatic rings. The average molecular weight is 250 g/mol. The van der Waals surface area contributed by atoms with Crippen LogP contribution < -0.4 is 5.73 Å². The summed E-state index contributed by atoms with van der Waals surface area (Å²) < 4.78 is 1.89. The van der Waals surface area contributed by atoms with Crippen molar-refractivity contribution in [3.05, 3.63) is 40.2 Å². The van der Waals surface area contributed by atoms with Gasteiger partial charge < -0.3 is 5.73 Å². The highest BCUT2D eigenvalue weighted by atomic mass is 35.5. The first-order valence-electron chi connectivity index (χ1n) is 5.53. The number of hydrogen-bond donors (Lipinski definition) is 1. The second-order valence-corrected chi connectivity index (χ2v) is 4.59. The fourth-order valence-corrected chi connectivity index (χ4v) is 2.27. The van der Waals surface area contributed by atoms with Gasteiger partial charge >= 0.3 is 0 Å². The van der Waals surface area contributed by atoms with Crippen molar-refractivity contribution in [2.75, 3.05) is 0 Å². The van der Waals surface area contributed by atoms with E-state index in [0.717, 1.165) is 27.5 Å². The molecule has 90 valence electrons. The number of halogens is 1. The topological polar surface area (TPSA) is 43.8 Å². The second kappa shape index (κ2) is 4.51. The van der Waals surface area contributed by atoms with E-state index < -0.39 is 0 Å². The molecule has 0 saturated heterocycles. The van der Waals surface area contributed by atoms with E-state index in [0.29, 0.717) is 6.54 Å². The summed E-state index contributed by atoms with van der Waals surface area (Å²) in [7, 11) is 1.95. The minimum absolute atomic E-state index is 0.449. The van der Waals surface area contributed by atoms with E-state index in [1.165, 1.54) is 5.56 Å². The molecule has 1 heterocycles. The Bertz CT molecular complexity index is 558. The molecule has 0 atom stereocenters. The molecule has 2 N–H and O–H groups in total. The molecule has 0 aliphatic heterocycles. The van der Waals surface area contributed by atoms with Crippen molar-refractivity contribution in [1.29, 1.82) is 0 Å². The standard InChI is InChI=1S/C13H16ClN3/c1-8-13(9(2)17(3)16-8)10-4-5-12(14)11(6-10)7-15/h4-6H,7,15H2,1-3H3. The summed E-state index contributed by atoms with van der Waals surface area (Å²) in [4.78, 5) is 0. The highest BCUT2D eigenvalue weighted by Crippen LogP contribution is 2.29. The van der Waals surface area contributed by atoms with Gasteiger partial charge in [-0.25, -0.2) is 0 Å². The summed E-state index contributed by atoms with van der Waals surface area (Å²) >= 11 is 6.07. The molecule has 0 bridgehead atoms. The molecule has 17 heavy (non-hydrogen) atoms. The summed E-state index contributed by atoms with van der Waals surface area (Å²) in [6, 6.07) is 5.95. The van der Waals surface area contributed by atoms with Gasteiger partial charge in [-0.15, -0.1) is 0 Å². The fourth-order valence-electron chi connectivity index (χ4n) is 2.08. The molecule has 4 heteroatoms. The predicted molar refractivity (Wildman–Crippen MR) is 71.0 cm³/mol. The van der Waals surface area contributed by atoms with Gasteiger partial charge in [0.25, 0.3) is 0 Å². The Labute approximate surface area is 106 Å². The molecule has 0 radical (unpaired) electrons. The Kier molecular flexibility index (Phi) is 3.22. The van der Waals surface area contributed by atoms with Crippen molar-refractivity contribution in [3.63, 3.8) is 0 Å². The van der Waals surface area contributed by atoms with Gasteiger partial charge in [0.1, 0.15) is 0 Å². The van der Waals surface area contributed by atoms with Gasteiger partial charge in [-0.2, -0.15) is 5.10 Å². The Morgan fingerprint density at radius 1 is 1.35 bits per heavy atom. The maximum Gasteiger partial charge on any atom is 0.0674 e. The van der Waals surface area contributed by atoms with E-state index in [1.54, 1.807) is 0 Å². The Morgan fingerprint density at radius 2 is 2.06 bits per heavy atom. The maximum atomic E-state index is 6.07. The van der Waals surface area contributed by atoms with Crippen molar-refractivity contribution >= 4 is 11.6 Å². The lowest BCUT2D eigenvalue weighted by Crippen LogP contribution is -1.98. The number of hydrogen-bond acceptors (Lipinski definition) is 2. The lowest BCUT2D eigenvalue weighted by atomic mass is 10.0. The zero-order valence-corrected chi connectivity index (χ0v) is 11.0. The largest absolute Gasteiger partial charge is 0.326 e. The number of nitrogens with zero attached hydrogens (tertiary/aromatic N) is 2. The SMILES string of the molecule is Cc1nn(C)c(C)c1-c1ccc(Cl)c(CN)c1. The lowest BCUT2D eigenvalue weighted by molar-refractivity contribution is 0.731. The van der Waals surface area contributed by atoms with Crippen molar-refractivity contribution < 1.29 is 0 Å². The van der Waals surface area contributed by atoms with Gasteiger partial charge in [0.2, 0.25) is 0 Å². The third kappa shape index (κ3) is 2.08. The van der Waals surface area contributed by atoms with E-state index >= 15 is 0 Å². The van der Waals surface area contributed by atoms with Crippen LogP contribution in [0.25, 0.3) is 11.1 Å². The smallest absolute Gasteiger partial charge is 0.0674 e. The van der Waals surface area contributed by atoms with Gasteiger partial charge in [-0.05, 0) is 37.1 Å². The quantitative estimate of drug-likeness (QED) is 0.890. The van der Waals surface area contributed by atoms with Crippen LogP contribution in [0.2, 0.25) is 5.02 Å². The van der Waals surface area contributed by atoms with Crippen LogP contribution in [0.3, 0.4) is 0 Å². The van der Waals surface area contributed by atoms with Crippen LogP contribution in [0.1, 0.15) is 17.0 Å². The van der Waals surface area contributed by atoms with Crippen molar-refractivity contribution in [2.45, 2.75) is 20.4 Å². The highest BCUT2D eigenvalue weighted by molar-refractivity contribution is 6.31. The molecule has 0 saturated carbocycles. The summed E-state index contributed by atoms with van der Waals surface area (Å²) in [5.41, 5.74) is 11.1. The lowest BCUT2D eigenvalue weighted by Gasteiger charge is -2.06. The summed E-state index contributed by atoms with van der Waals surface area (Å²) in [6.07, 6.45) is 0. The zero-order chi connectivity index (χ0) is 12.6. The van der Waals surface area contributed by atoms with Gasteiger partial charge in [0.05, 0.1) is 5.69 Å². The molecule has 3 nitrogen and oxygen atoms in total. The molecule has 0 spiro atoms. The van der Waals surface area contributed by atoms with E-state index in [2.05, 4.69) is 12.0 Å². The van der Waals surface area contributed by atoms with Crippen LogP contribution >= 0.6 is 11.6 Å². The molecule has 1 aromatic carbocycles. The van der Waals surface area contributed by atoms with E-state index in [-0.39, 0.29) is 0 Å². The van der Waals surface area contributed by atoms with Gasteiger partial charge in [-0.3, -0.25) is 4.68 Å². The van der Waals surface area contributed by atoms with E-state index in [1.807, 2.05) is 36.9 Å². The molecule has 0 aliphatic rings. The molecule has 1 aromatic heterocycles. The fraction of sp³-hybridized carbons (Fsp3) is 0.308. The van der Waals surface area contributed by atoms with Crippen molar-refractivity contribution in [3.8, 4) is 11.1 Å². The molecule has 0 aliphatic carbocycles. The molecule has 0 fully saturated rings. The number of benzene rings is 1. The van der Waals surface area contributed by atoms with Crippen LogP contribution in [0.4, 0.5) is 0 Å². The second-order valence-electron chi connectivity index (χ2n) is 4.18. The average Bonchev–Trinajstić information content (AvgIpc) is 2.55. The molecular weight excluding hydrogens is 234 g/mol. The minimum Gasteiger partial charge on any atom is -0.326 e. The summed E-state index contributed by atoms with van der Waals surface area (Å²) in [5.74, 6) is 0. The van der Waals surface area contributed by atoms with Crippen LogP contribution in [0, 0.1) is 13.8 Å². The first kappa shape index (κ1) is 12.1. The van der Waals surface area contributed by atoms with Gasteiger partial charge in [0, 0.05) is 29.9 Å². The predicted octanol–water partition coefficient (Wildman–Crippen LogP) is 2.82. The van der Waals surface area contributed by atoms with Crippen molar-refractivity contribution in [2.24, 2.45) is 12.8 Å². The first-order chi connectivity index (χ1) is 8.04. The summed E-state index contributed by atoms with van der Waals surface area (Å²) in [6.45, 7) is 4.52. The summed E-state index contributed by atoms with van der Waals surface area (Å²) in [5, 5.41) is 5.14. The number of aromatic nitrogens is 2. The number of nitrogens with two attached hydrogens (primary N) is 1. The third-order valence-electron chi connectivity index (χ3n) is 3.06. The Morgan fingerprint density at radius 3 is 2.59 bits per heavy atom. The van der Waals surface area contributed by atoms with Crippen LogP contribution in [-0.2, 0) is 13.6 Å². The number of aryl methyl sites for hydroxylation is 2. The van der Waals surface area contributed by atoms with Crippen molar-refractivity contribution in [1.82, 2.24) is 9.78 Å². The minimum atomic E-state index is 0.449. The molecule has 0 amide bonds. The molecule has 0 unspecified atom stereocenters. The normalized spacial score (nSPS) is 10.9. The third-order valence-corrected chi connectivity index (χ3v) is 3.43. The van der Waals surface area contributed by atoms with Crippen LogP contribution in [0.15, 0.2) is 18.2 Å². The van der Waals surface area contributed by atoms with Crippen LogP contribution in [0.5, 0.6) is 0 Å². The molecular formula is C13H16ClN3. The van der Waals surface area contributed by atoms with Gasteiger partial charge in [-0.1, -0.05) is 17.7 Å². The van der Waals surface area contributed by atoms with Crippen LogP contribution in [-0.4, -0.2) is 9.78 Å². The monoisotopic (exact) mass is 249 g/mol. The maximum absolute atomic E-state index is 6.07. The Hall–Kier alpha value is -1.32. The number of rotatable bonds is 2. The highest BCUT2D eigenvalue weighted by Gasteiger charge is 2.12. The Balaban J connectivity index is 2.60. The van der Waals surface area contributed by atoms with E-state index in [4.69, 9.17) is 17.3 Å². The van der Waals surface area contributed by atoms with Gasteiger partial charge in [0.15, 0.2) is 0 Å².